The molecule has 0 aliphatic heterocycles. The van der Waals surface area contributed by atoms with Crippen LogP contribution in [0.2, 0.25) is 0 Å². The summed E-state index contributed by atoms with van der Waals surface area (Å²) in [6.45, 7) is 1.47. The molecule has 76 valence electrons. The lowest BCUT2D eigenvalue weighted by Gasteiger charge is -2.02. The number of hydrogen-bond donors (Lipinski definition) is 3. The quantitative estimate of drug-likeness (QED) is 0.616. The number of aromatic nitrogens is 2. The maximum atomic E-state index is 10.5. The highest BCUT2D eigenvalue weighted by Crippen LogP contribution is 2.06. The van der Waals surface area contributed by atoms with Gasteiger partial charge >= 0.3 is 5.97 Å². The molecule has 1 unspecified atom stereocenters. The molecule has 3 N–H and O–H groups in total. The van der Waals surface area contributed by atoms with Crippen LogP contribution in [-0.2, 0) is 11.3 Å². The molecule has 1 rings (SSSR count). The molecule has 1 heterocycles. The number of nitrogens with one attached hydrogen (secondary N) is 1. The van der Waals surface area contributed by atoms with Gasteiger partial charge in [0.25, 0.3) is 11.3 Å². The number of hydrogen-bond acceptors (Lipinski definition) is 4. The molecule has 0 saturated carbocycles. The van der Waals surface area contributed by atoms with Crippen molar-refractivity contribution in [2.24, 2.45) is 0 Å². The van der Waals surface area contributed by atoms with Gasteiger partial charge in [-0.2, -0.15) is 0 Å². The second kappa shape index (κ2) is 4.11. The average Bonchev–Trinajstić information content (AvgIpc) is 2.01. The van der Waals surface area contributed by atoms with Gasteiger partial charge in [0.05, 0.1) is 11.3 Å². The topological polar surface area (TPSA) is 112 Å². The molecule has 8 heteroatoms. The molecular weight excluding hydrogens is 210 g/mol. The first-order valence-corrected chi connectivity index (χ1v) is 4.56. The monoisotopic (exact) mass is 217 g/mol. The molecule has 14 heavy (non-hydrogen) atoms. The minimum Gasteiger partial charge on any atom is -0.478 e. The van der Waals surface area contributed by atoms with Crippen molar-refractivity contribution in [1.29, 1.82) is 0 Å². The van der Waals surface area contributed by atoms with Crippen LogP contribution in [0.4, 0.5) is 5.95 Å². The van der Waals surface area contributed by atoms with Gasteiger partial charge in [0.15, 0.2) is 0 Å². The van der Waals surface area contributed by atoms with E-state index < -0.39 is 17.2 Å². The van der Waals surface area contributed by atoms with E-state index in [2.05, 4.69) is 9.97 Å². The lowest BCUT2D eigenvalue weighted by molar-refractivity contribution is 0.0695. The molecule has 0 saturated heterocycles. The number of aryl methyl sites for hydroxylation is 1. The molecular formula is C6H7N3O4S. The second-order valence-electron chi connectivity index (χ2n) is 2.35. The van der Waals surface area contributed by atoms with E-state index in [-0.39, 0.29) is 17.2 Å². The van der Waals surface area contributed by atoms with E-state index in [1.807, 2.05) is 4.72 Å². The molecule has 0 bridgehead atoms. The SMILES string of the molecule is Cc1nc(NS(=O)O)ncc1C(=O)O. The fourth-order valence-corrected chi connectivity index (χ4v) is 1.06. The standard InChI is InChI=1S/C6H7N3O4S/c1-3-4(5(10)11)2-7-6(8-3)9-14(12)13/h2H,1H3,(H,10,11)(H,12,13)(H,7,8,9). The summed E-state index contributed by atoms with van der Waals surface area (Å²) in [7, 11) is 0. The third-order valence-electron chi connectivity index (χ3n) is 1.39. The van der Waals surface area contributed by atoms with E-state index in [9.17, 15) is 9.00 Å². The summed E-state index contributed by atoms with van der Waals surface area (Å²) in [5, 5.41) is 8.63. The van der Waals surface area contributed by atoms with E-state index in [1.54, 1.807) is 0 Å². The summed E-state index contributed by atoms with van der Waals surface area (Å²) in [6, 6.07) is 0. The molecule has 0 radical (unpaired) electrons. The van der Waals surface area contributed by atoms with Crippen molar-refractivity contribution < 1.29 is 18.7 Å². The minimum atomic E-state index is -2.26. The predicted octanol–water partition coefficient (Wildman–Crippen LogP) is 0.0318. The van der Waals surface area contributed by atoms with Gasteiger partial charge in [0, 0.05) is 6.20 Å². The molecule has 0 aliphatic carbocycles. The van der Waals surface area contributed by atoms with Crippen molar-refractivity contribution in [2.75, 3.05) is 4.72 Å². The zero-order valence-corrected chi connectivity index (χ0v) is 7.91. The van der Waals surface area contributed by atoms with Gasteiger partial charge in [-0.05, 0) is 6.92 Å². The van der Waals surface area contributed by atoms with Crippen LogP contribution < -0.4 is 4.72 Å². The van der Waals surface area contributed by atoms with Crippen LogP contribution in [0, 0.1) is 6.92 Å². The lowest BCUT2D eigenvalue weighted by Crippen LogP contribution is -2.09. The molecule has 1 aromatic heterocycles. The molecule has 0 amide bonds. The Labute approximate surface area is 81.6 Å². The van der Waals surface area contributed by atoms with Crippen molar-refractivity contribution in [3.8, 4) is 0 Å². The third-order valence-corrected chi connectivity index (χ3v) is 1.75. The molecule has 7 nitrogen and oxygen atoms in total. The number of aromatic carboxylic acids is 1. The summed E-state index contributed by atoms with van der Waals surface area (Å²) < 4.78 is 20.8. The number of carboxylic acid groups (broad SMARTS) is 1. The first-order valence-electron chi connectivity index (χ1n) is 3.45. The number of carboxylic acids is 1. The van der Waals surface area contributed by atoms with Crippen LogP contribution in [0.5, 0.6) is 0 Å². The summed E-state index contributed by atoms with van der Waals surface area (Å²) in [6.07, 6.45) is 1.07. The third kappa shape index (κ3) is 2.47. The van der Waals surface area contributed by atoms with Gasteiger partial charge in [0.1, 0.15) is 0 Å². The Balaban J connectivity index is 3.00. The van der Waals surface area contributed by atoms with Gasteiger partial charge in [-0.1, -0.05) is 0 Å². The Kier molecular flexibility index (Phi) is 3.10. The van der Waals surface area contributed by atoms with Crippen molar-refractivity contribution >= 4 is 23.2 Å². The number of nitrogens with zero attached hydrogens (tertiary/aromatic N) is 2. The molecule has 0 fully saturated rings. The number of anilines is 1. The Bertz CT molecular complexity index is 395. The summed E-state index contributed by atoms with van der Waals surface area (Å²) in [5.74, 6) is -1.23. The largest absolute Gasteiger partial charge is 0.478 e. The summed E-state index contributed by atoms with van der Waals surface area (Å²) >= 11 is -2.26. The van der Waals surface area contributed by atoms with Gasteiger partial charge in [-0.15, -0.1) is 0 Å². The first kappa shape index (κ1) is 10.5. The lowest BCUT2D eigenvalue weighted by atomic mass is 10.2. The van der Waals surface area contributed by atoms with E-state index >= 15 is 0 Å². The maximum absolute atomic E-state index is 10.5. The van der Waals surface area contributed by atoms with E-state index in [0.717, 1.165) is 6.20 Å². The Morgan fingerprint density at radius 1 is 1.64 bits per heavy atom. The highest BCUT2D eigenvalue weighted by Gasteiger charge is 2.10. The molecule has 0 aliphatic rings. The minimum absolute atomic E-state index is 0.0423. The van der Waals surface area contributed by atoms with Crippen LogP contribution in [-0.4, -0.2) is 29.8 Å². The molecule has 0 spiro atoms. The van der Waals surface area contributed by atoms with Crippen LogP contribution in [0.15, 0.2) is 6.20 Å². The predicted molar refractivity (Wildman–Crippen MR) is 48.1 cm³/mol. The Morgan fingerprint density at radius 2 is 2.29 bits per heavy atom. The Hall–Kier alpha value is -1.54. The zero-order valence-electron chi connectivity index (χ0n) is 7.09. The molecule has 0 aromatic carbocycles. The molecule has 1 aromatic rings. The van der Waals surface area contributed by atoms with Crippen LogP contribution in [0.1, 0.15) is 16.1 Å². The summed E-state index contributed by atoms with van der Waals surface area (Å²) in [5.41, 5.74) is 0.180. The van der Waals surface area contributed by atoms with Crippen molar-refractivity contribution in [2.45, 2.75) is 6.92 Å². The fourth-order valence-electron chi connectivity index (χ4n) is 0.804. The van der Waals surface area contributed by atoms with Gasteiger partial charge in [-0.3, -0.25) is 9.27 Å². The normalized spacial score (nSPS) is 12.1. The van der Waals surface area contributed by atoms with Gasteiger partial charge in [0.2, 0.25) is 5.95 Å². The first-order chi connectivity index (χ1) is 6.50. The van der Waals surface area contributed by atoms with Gasteiger partial charge < -0.3 is 5.11 Å². The smallest absolute Gasteiger partial charge is 0.339 e. The summed E-state index contributed by atoms with van der Waals surface area (Å²) in [4.78, 5) is 17.8. The number of carbonyl (C=O) groups is 1. The van der Waals surface area contributed by atoms with Gasteiger partial charge in [-0.25, -0.2) is 19.0 Å². The Morgan fingerprint density at radius 3 is 2.71 bits per heavy atom. The van der Waals surface area contributed by atoms with E-state index in [4.69, 9.17) is 9.66 Å². The average molecular weight is 217 g/mol. The van der Waals surface area contributed by atoms with E-state index in [0.29, 0.717) is 0 Å². The van der Waals surface area contributed by atoms with Crippen molar-refractivity contribution in [3.63, 3.8) is 0 Å². The number of rotatable bonds is 3. The van der Waals surface area contributed by atoms with E-state index in [1.165, 1.54) is 6.92 Å². The van der Waals surface area contributed by atoms with Crippen LogP contribution in [0.3, 0.4) is 0 Å². The maximum Gasteiger partial charge on any atom is 0.339 e. The van der Waals surface area contributed by atoms with Crippen molar-refractivity contribution in [3.05, 3.63) is 17.5 Å². The highest BCUT2D eigenvalue weighted by atomic mass is 32.2. The van der Waals surface area contributed by atoms with Crippen LogP contribution in [0.25, 0.3) is 0 Å². The zero-order chi connectivity index (χ0) is 10.7. The fraction of sp³-hybridized carbons (Fsp3) is 0.167. The second-order valence-corrected chi connectivity index (χ2v) is 3.05. The van der Waals surface area contributed by atoms with Crippen molar-refractivity contribution in [1.82, 2.24) is 9.97 Å². The highest BCUT2D eigenvalue weighted by molar-refractivity contribution is 7.80. The van der Waals surface area contributed by atoms with Crippen LogP contribution >= 0.6 is 0 Å². The molecule has 1 atom stereocenters.